The van der Waals surface area contributed by atoms with Crippen molar-refractivity contribution in [3.05, 3.63) is 35.6 Å². The lowest BCUT2D eigenvalue weighted by Crippen LogP contribution is -2.52. The molecule has 1 saturated carbocycles. The number of nitrogens with one attached hydrogen (secondary N) is 1. The molecule has 1 amide bonds. The largest absolute Gasteiger partial charge is 0.371 e. The van der Waals surface area contributed by atoms with Gasteiger partial charge in [-0.05, 0) is 37.5 Å². The number of amides is 1. The van der Waals surface area contributed by atoms with Gasteiger partial charge in [-0.1, -0.05) is 37.8 Å². The summed E-state index contributed by atoms with van der Waals surface area (Å²) >= 11 is 0. The fourth-order valence-electron chi connectivity index (χ4n) is 3.81. The molecule has 25 heavy (non-hydrogen) atoms. The number of carbonyl (C=O) groups excluding carboxylic acids is 1. The summed E-state index contributed by atoms with van der Waals surface area (Å²) in [6.07, 6.45) is 7.07. The molecule has 2 atom stereocenters. The Morgan fingerprint density at radius 1 is 1.20 bits per heavy atom. The molecule has 4 nitrogen and oxygen atoms in total. The van der Waals surface area contributed by atoms with Gasteiger partial charge in [0, 0.05) is 19.1 Å². The second-order valence-corrected chi connectivity index (χ2v) is 7.28. The van der Waals surface area contributed by atoms with E-state index in [0.29, 0.717) is 19.2 Å². The lowest BCUT2D eigenvalue weighted by Gasteiger charge is -2.36. The molecule has 1 aliphatic carbocycles. The predicted molar refractivity (Wildman–Crippen MR) is 95.8 cm³/mol. The van der Waals surface area contributed by atoms with Gasteiger partial charge in [-0.2, -0.15) is 0 Å². The van der Waals surface area contributed by atoms with Gasteiger partial charge in [0.25, 0.3) is 0 Å². The predicted octanol–water partition coefficient (Wildman–Crippen LogP) is 3.43. The van der Waals surface area contributed by atoms with Crippen molar-refractivity contribution in [2.45, 2.75) is 63.6 Å². The summed E-state index contributed by atoms with van der Waals surface area (Å²) in [6, 6.07) is 6.60. The minimum Gasteiger partial charge on any atom is -0.371 e. The molecule has 1 aromatic carbocycles. The van der Waals surface area contributed by atoms with Gasteiger partial charge in [-0.15, -0.1) is 0 Å². The molecule has 1 N–H and O–H groups in total. The summed E-state index contributed by atoms with van der Waals surface area (Å²) in [5.74, 6) is -0.126. The van der Waals surface area contributed by atoms with Gasteiger partial charge in [-0.3, -0.25) is 9.69 Å². The molecule has 1 heterocycles. The van der Waals surface area contributed by atoms with Crippen LogP contribution in [0.2, 0.25) is 0 Å². The standard InChI is InChI=1S/C20H29FN2O2/c1-15(20(24)22-18-6-4-2-3-5-7-18)23-12-13-25-19(14-23)16-8-10-17(21)11-9-16/h8-11,15,18-19H,2-7,12-14H2,1H3,(H,22,24). The maximum Gasteiger partial charge on any atom is 0.237 e. The van der Waals surface area contributed by atoms with Crippen LogP contribution in [0.5, 0.6) is 0 Å². The zero-order valence-corrected chi connectivity index (χ0v) is 15.0. The third-order valence-corrected chi connectivity index (χ3v) is 5.47. The number of carbonyl (C=O) groups is 1. The number of ether oxygens (including phenoxy) is 1. The first-order chi connectivity index (χ1) is 12.1. The lowest BCUT2D eigenvalue weighted by molar-refractivity contribution is -0.130. The van der Waals surface area contributed by atoms with Crippen molar-refractivity contribution in [2.24, 2.45) is 0 Å². The summed E-state index contributed by atoms with van der Waals surface area (Å²) in [5, 5.41) is 3.25. The first-order valence-electron chi connectivity index (χ1n) is 9.55. The molecule has 0 radical (unpaired) electrons. The van der Waals surface area contributed by atoms with Crippen molar-refractivity contribution in [3.63, 3.8) is 0 Å². The van der Waals surface area contributed by atoms with Gasteiger partial charge in [-0.25, -0.2) is 4.39 Å². The van der Waals surface area contributed by atoms with Gasteiger partial charge >= 0.3 is 0 Å². The number of benzene rings is 1. The van der Waals surface area contributed by atoms with Crippen molar-refractivity contribution in [2.75, 3.05) is 19.7 Å². The molecule has 1 saturated heterocycles. The smallest absolute Gasteiger partial charge is 0.237 e. The minimum absolute atomic E-state index is 0.109. The summed E-state index contributed by atoms with van der Waals surface area (Å²) < 4.78 is 18.9. The van der Waals surface area contributed by atoms with Gasteiger partial charge in [0.2, 0.25) is 5.91 Å². The SMILES string of the molecule is CC(C(=O)NC1CCCCCC1)N1CCOC(c2ccc(F)cc2)C1. The van der Waals surface area contributed by atoms with Crippen molar-refractivity contribution in [1.29, 1.82) is 0 Å². The third kappa shape index (κ3) is 5.02. The average molecular weight is 348 g/mol. The van der Waals surface area contributed by atoms with E-state index in [0.717, 1.165) is 24.9 Å². The maximum absolute atomic E-state index is 13.1. The quantitative estimate of drug-likeness (QED) is 0.848. The monoisotopic (exact) mass is 348 g/mol. The van der Waals surface area contributed by atoms with E-state index in [2.05, 4.69) is 10.2 Å². The Morgan fingerprint density at radius 2 is 1.88 bits per heavy atom. The van der Waals surface area contributed by atoms with Crippen LogP contribution >= 0.6 is 0 Å². The van der Waals surface area contributed by atoms with Crippen LogP contribution < -0.4 is 5.32 Å². The van der Waals surface area contributed by atoms with E-state index in [4.69, 9.17) is 4.74 Å². The Bertz CT molecular complexity index is 555. The summed E-state index contributed by atoms with van der Waals surface area (Å²) in [4.78, 5) is 14.8. The lowest BCUT2D eigenvalue weighted by atomic mass is 10.1. The van der Waals surface area contributed by atoms with Crippen molar-refractivity contribution >= 4 is 5.91 Å². The fraction of sp³-hybridized carbons (Fsp3) is 0.650. The second kappa shape index (κ2) is 8.77. The minimum atomic E-state index is -0.243. The van der Waals surface area contributed by atoms with Crippen LogP contribution in [0.15, 0.2) is 24.3 Å². The van der Waals surface area contributed by atoms with Crippen LogP contribution in [0.3, 0.4) is 0 Å². The van der Waals surface area contributed by atoms with E-state index >= 15 is 0 Å². The molecule has 138 valence electrons. The van der Waals surface area contributed by atoms with E-state index < -0.39 is 0 Å². The zero-order valence-electron chi connectivity index (χ0n) is 15.0. The maximum atomic E-state index is 13.1. The Morgan fingerprint density at radius 3 is 2.56 bits per heavy atom. The average Bonchev–Trinajstić information content (AvgIpc) is 2.90. The van der Waals surface area contributed by atoms with Crippen molar-refractivity contribution in [1.82, 2.24) is 10.2 Å². The zero-order chi connectivity index (χ0) is 17.6. The molecule has 0 spiro atoms. The van der Waals surface area contributed by atoms with Gasteiger partial charge < -0.3 is 10.1 Å². The van der Waals surface area contributed by atoms with E-state index in [1.165, 1.54) is 37.8 Å². The molecule has 5 heteroatoms. The molecule has 3 rings (SSSR count). The molecule has 1 aliphatic heterocycles. The number of hydrogen-bond donors (Lipinski definition) is 1. The summed E-state index contributed by atoms with van der Waals surface area (Å²) in [6.45, 7) is 3.96. The highest BCUT2D eigenvalue weighted by Crippen LogP contribution is 2.24. The molecule has 1 aromatic rings. The van der Waals surface area contributed by atoms with Crippen LogP contribution in [0, 0.1) is 5.82 Å². The molecule has 0 bridgehead atoms. The third-order valence-electron chi connectivity index (χ3n) is 5.47. The van der Waals surface area contributed by atoms with Crippen molar-refractivity contribution in [3.8, 4) is 0 Å². The highest BCUT2D eigenvalue weighted by molar-refractivity contribution is 5.81. The highest BCUT2D eigenvalue weighted by Gasteiger charge is 2.29. The van der Waals surface area contributed by atoms with E-state index in [1.54, 1.807) is 12.1 Å². The van der Waals surface area contributed by atoms with Crippen LogP contribution in [-0.4, -0.2) is 42.6 Å². The molecular weight excluding hydrogens is 319 g/mol. The topological polar surface area (TPSA) is 41.6 Å². The van der Waals surface area contributed by atoms with Crippen LogP contribution in [0.25, 0.3) is 0 Å². The Balaban J connectivity index is 1.56. The first kappa shape index (κ1) is 18.3. The number of hydrogen-bond acceptors (Lipinski definition) is 3. The molecule has 0 aromatic heterocycles. The number of morpholine rings is 1. The van der Waals surface area contributed by atoms with Crippen LogP contribution in [-0.2, 0) is 9.53 Å². The Kier molecular flexibility index (Phi) is 6.43. The normalized spacial score (nSPS) is 24.5. The number of halogens is 1. The van der Waals surface area contributed by atoms with Crippen LogP contribution in [0.4, 0.5) is 4.39 Å². The summed E-state index contributed by atoms with van der Waals surface area (Å²) in [7, 11) is 0. The number of nitrogens with zero attached hydrogens (tertiary/aromatic N) is 1. The fourth-order valence-corrected chi connectivity index (χ4v) is 3.81. The molecular formula is C20H29FN2O2. The van der Waals surface area contributed by atoms with E-state index in [1.807, 2.05) is 6.92 Å². The molecule has 2 unspecified atom stereocenters. The van der Waals surface area contributed by atoms with Crippen molar-refractivity contribution < 1.29 is 13.9 Å². The number of rotatable bonds is 4. The Hall–Kier alpha value is -1.46. The summed E-state index contributed by atoms with van der Waals surface area (Å²) in [5.41, 5.74) is 0.961. The van der Waals surface area contributed by atoms with Gasteiger partial charge in [0.1, 0.15) is 5.82 Å². The molecule has 2 fully saturated rings. The van der Waals surface area contributed by atoms with Crippen LogP contribution in [0.1, 0.15) is 57.1 Å². The van der Waals surface area contributed by atoms with E-state index in [-0.39, 0.29) is 23.9 Å². The second-order valence-electron chi connectivity index (χ2n) is 7.28. The van der Waals surface area contributed by atoms with Gasteiger partial charge in [0.15, 0.2) is 0 Å². The first-order valence-corrected chi connectivity index (χ1v) is 9.55. The van der Waals surface area contributed by atoms with Gasteiger partial charge in [0.05, 0.1) is 18.8 Å². The highest BCUT2D eigenvalue weighted by atomic mass is 19.1. The van der Waals surface area contributed by atoms with E-state index in [9.17, 15) is 9.18 Å². The Labute approximate surface area is 149 Å². The molecule has 2 aliphatic rings.